The molecule has 2 aliphatic heterocycles. The van der Waals surface area contributed by atoms with Crippen molar-refractivity contribution in [2.75, 3.05) is 31.6 Å². The van der Waals surface area contributed by atoms with E-state index in [9.17, 15) is 4.79 Å². The molecular weight excluding hydrogens is 382 g/mol. The largest absolute Gasteiger partial charge is 0.349 e. The number of carbonyl (C=O) groups is 1. The number of hydrogen-bond donors (Lipinski definition) is 1. The van der Waals surface area contributed by atoms with Gasteiger partial charge in [0.05, 0.1) is 6.54 Å². The van der Waals surface area contributed by atoms with Gasteiger partial charge in [0.2, 0.25) is 5.91 Å². The molecule has 0 aliphatic carbocycles. The number of aryl methyl sites for hydroxylation is 1. The summed E-state index contributed by atoms with van der Waals surface area (Å²) in [6, 6.07) is 8.57. The maximum absolute atomic E-state index is 12.0. The van der Waals surface area contributed by atoms with E-state index >= 15 is 0 Å². The Balaban J connectivity index is 1.44. The number of nitrogens with one attached hydrogen (secondary N) is 1. The van der Waals surface area contributed by atoms with Crippen molar-refractivity contribution in [3.05, 3.63) is 45.9 Å². The zero-order chi connectivity index (χ0) is 20.2. The first kappa shape index (κ1) is 19.9. The fraction of sp³-hybridized carbons (Fsp3) is 0.500. The third-order valence-corrected chi connectivity index (χ3v) is 6.95. The number of fused-ring (bicyclic) bond motifs is 1. The molecule has 2 aliphatic rings. The normalized spacial score (nSPS) is 19.2. The van der Waals surface area contributed by atoms with Crippen LogP contribution in [0.1, 0.15) is 47.6 Å². The van der Waals surface area contributed by atoms with Crippen LogP contribution in [0.15, 0.2) is 35.5 Å². The fourth-order valence-electron chi connectivity index (χ4n) is 4.24. The molecule has 7 heteroatoms. The van der Waals surface area contributed by atoms with E-state index in [-0.39, 0.29) is 0 Å². The number of aromatic nitrogens is 1. The van der Waals surface area contributed by atoms with Gasteiger partial charge in [-0.1, -0.05) is 25.1 Å². The molecule has 0 radical (unpaired) electrons. The molecule has 29 heavy (non-hydrogen) atoms. The minimum absolute atomic E-state index is 0.306. The lowest BCUT2D eigenvalue weighted by atomic mass is 9.98. The molecule has 6 nitrogen and oxygen atoms in total. The zero-order valence-corrected chi connectivity index (χ0v) is 18.0. The zero-order valence-electron chi connectivity index (χ0n) is 17.2. The molecule has 0 saturated carbocycles. The molecule has 154 valence electrons. The lowest BCUT2D eigenvalue weighted by Gasteiger charge is -2.23. The van der Waals surface area contributed by atoms with Crippen LogP contribution in [0.2, 0.25) is 0 Å². The predicted octanol–water partition coefficient (Wildman–Crippen LogP) is 3.40. The highest BCUT2D eigenvalue weighted by Gasteiger charge is 2.32. The monoisotopic (exact) mass is 411 g/mol. The van der Waals surface area contributed by atoms with Crippen molar-refractivity contribution in [1.29, 1.82) is 0 Å². The average Bonchev–Trinajstić information content (AvgIpc) is 3.46. The molecular formula is C22H29N5OS. The van der Waals surface area contributed by atoms with E-state index < -0.39 is 0 Å². The summed E-state index contributed by atoms with van der Waals surface area (Å²) in [6.07, 6.45) is 5.68. The second kappa shape index (κ2) is 8.95. The molecule has 1 saturated heterocycles. The minimum Gasteiger partial charge on any atom is -0.349 e. The maximum Gasteiger partial charge on any atom is 0.222 e. The number of carbonyl (C=O) groups excluding carboxylic acids is 1. The second-order valence-corrected chi connectivity index (χ2v) is 8.81. The Labute approximate surface area is 176 Å². The summed E-state index contributed by atoms with van der Waals surface area (Å²) in [5.74, 6) is 1.59. The Bertz CT molecular complexity index is 893. The van der Waals surface area contributed by atoms with Crippen molar-refractivity contribution in [1.82, 2.24) is 15.2 Å². The number of benzene rings is 1. The van der Waals surface area contributed by atoms with E-state index in [0.29, 0.717) is 24.8 Å². The predicted molar refractivity (Wildman–Crippen MR) is 119 cm³/mol. The lowest BCUT2D eigenvalue weighted by molar-refractivity contribution is -0.127. The van der Waals surface area contributed by atoms with E-state index in [1.165, 1.54) is 16.1 Å². The summed E-state index contributed by atoms with van der Waals surface area (Å²) >= 11 is 1.75. The van der Waals surface area contributed by atoms with Crippen LogP contribution in [0, 0.1) is 0 Å². The summed E-state index contributed by atoms with van der Waals surface area (Å²) in [5, 5.41) is 4.57. The molecule has 0 spiro atoms. The molecule has 1 fully saturated rings. The van der Waals surface area contributed by atoms with Gasteiger partial charge in [-0.3, -0.25) is 9.79 Å². The molecule has 1 N–H and O–H groups in total. The van der Waals surface area contributed by atoms with Gasteiger partial charge in [-0.05, 0) is 30.9 Å². The first-order valence-corrected chi connectivity index (χ1v) is 11.3. The van der Waals surface area contributed by atoms with Crippen molar-refractivity contribution < 1.29 is 4.79 Å². The molecule has 0 bridgehead atoms. The van der Waals surface area contributed by atoms with Gasteiger partial charge >= 0.3 is 0 Å². The van der Waals surface area contributed by atoms with Crippen LogP contribution in [0.4, 0.5) is 5.69 Å². The Kier molecular flexibility index (Phi) is 6.13. The highest BCUT2D eigenvalue weighted by Crippen LogP contribution is 2.38. The molecule has 1 aromatic carbocycles. The number of para-hydroxylation sites is 1. The van der Waals surface area contributed by atoms with Crippen molar-refractivity contribution in [2.24, 2.45) is 4.99 Å². The summed E-state index contributed by atoms with van der Waals surface area (Å²) in [7, 11) is 1.83. The molecule has 1 atom stereocenters. The molecule has 3 heterocycles. The number of aliphatic imine (C=N–C) groups is 1. The van der Waals surface area contributed by atoms with Crippen LogP contribution in [-0.2, 0) is 17.8 Å². The number of thiazole rings is 1. The van der Waals surface area contributed by atoms with Gasteiger partial charge in [-0.15, -0.1) is 11.3 Å². The third kappa shape index (κ3) is 4.29. The van der Waals surface area contributed by atoms with Crippen molar-refractivity contribution in [3.63, 3.8) is 0 Å². The van der Waals surface area contributed by atoms with E-state index in [0.717, 1.165) is 49.9 Å². The van der Waals surface area contributed by atoms with Crippen LogP contribution in [-0.4, -0.2) is 48.4 Å². The topological polar surface area (TPSA) is 60.8 Å². The van der Waals surface area contributed by atoms with E-state index in [2.05, 4.69) is 51.4 Å². The number of hydrogen-bond acceptors (Lipinski definition) is 4. The fourth-order valence-corrected chi connectivity index (χ4v) is 5.04. The minimum atomic E-state index is 0.306. The van der Waals surface area contributed by atoms with Crippen LogP contribution in [0.5, 0.6) is 0 Å². The summed E-state index contributed by atoms with van der Waals surface area (Å²) in [5.41, 5.74) is 2.57. The van der Waals surface area contributed by atoms with Gasteiger partial charge in [0, 0.05) is 55.8 Å². The highest BCUT2D eigenvalue weighted by atomic mass is 32.1. The van der Waals surface area contributed by atoms with Crippen LogP contribution >= 0.6 is 11.3 Å². The number of amides is 1. The quantitative estimate of drug-likeness (QED) is 0.585. The molecule has 1 unspecified atom stereocenters. The average molecular weight is 412 g/mol. The van der Waals surface area contributed by atoms with Crippen molar-refractivity contribution in [3.8, 4) is 0 Å². The lowest BCUT2D eigenvalue weighted by Crippen LogP contribution is -2.40. The van der Waals surface area contributed by atoms with Crippen LogP contribution in [0.3, 0.4) is 0 Å². The summed E-state index contributed by atoms with van der Waals surface area (Å²) < 4.78 is 0. The Morgan fingerprint density at radius 3 is 2.97 bits per heavy atom. The second-order valence-electron chi connectivity index (χ2n) is 7.61. The van der Waals surface area contributed by atoms with Gasteiger partial charge in [-0.2, -0.15) is 0 Å². The molecule has 1 aromatic heterocycles. The Hall–Kier alpha value is -2.41. The molecule has 2 aromatic rings. The van der Waals surface area contributed by atoms with E-state index in [4.69, 9.17) is 0 Å². The first-order chi connectivity index (χ1) is 14.2. The van der Waals surface area contributed by atoms with Crippen LogP contribution in [0.25, 0.3) is 0 Å². The number of likely N-dealkylation sites (tertiary alicyclic amines) is 1. The Morgan fingerprint density at radius 1 is 1.38 bits per heavy atom. The van der Waals surface area contributed by atoms with Gasteiger partial charge in [0.1, 0.15) is 5.01 Å². The van der Waals surface area contributed by atoms with Gasteiger partial charge in [0.25, 0.3) is 0 Å². The van der Waals surface area contributed by atoms with Crippen LogP contribution < -0.4 is 10.2 Å². The van der Waals surface area contributed by atoms with Crippen molar-refractivity contribution in [2.45, 2.75) is 45.1 Å². The number of guanidine groups is 1. The van der Waals surface area contributed by atoms with E-state index in [1.54, 1.807) is 11.3 Å². The number of nitrogens with zero attached hydrogens (tertiary/aromatic N) is 4. The van der Waals surface area contributed by atoms with Crippen molar-refractivity contribution >= 4 is 28.9 Å². The number of rotatable bonds is 6. The summed E-state index contributed by atoms with van der Waals surface area (Å²) in [6.45, 7) is 5.48. The Morgan fingerprint density at radius 2 is 2.24 bits per heavy atom. The van der Waals surface area contributed by atoms with Gasteiger partial charge in [0.15, 0.2) is 5.96 Å². The smallest absolute Gasteiger partial charge is 0.222 e. The van der Waals surface area contributed by atoms with Gasteiger partial charge in [-0.25, -0.2) is 4.98 Å². The standard InChI is InChI=1S/C22H29N5OS/c1-3-17-13-24-20(29-17)14-25-22(23-2)27-15-16(18-7-4-5-8-19(18)27)10-12-26-11-6-9-21(26)28/h4-5,7-8,13,16H,3,6,9-12,14-15H2,1-2H3,(H,23,25). The van der Waals surface area contributed by atoms with Gasteiger partial charge < -0.3 is 15.1 Å². The maximum atomic E-state index is 12.0. The van der Waals surface area contributed by atoms with E-state index in [1.807, 2.05) is 18.1 Å². The SMILES string of the molecule is CCc1cnc(CNC(=NC)N2CC(CCN3CCCC3=O)c3ccccc32)s1. The highest BCUT2D eigenvalue weighted by molar-refractivity contribution is 7.11. The summed E-state index contributed by atoms with van der Waals surface area (Å²) in [4.78, 5) is 26.6. The number of anilines is 1. The molecule has 4 rings (SSSR count). The first-order valence-electron chi connectivity index (χ1n) is 10.5. The third-order valence-electron chi connectivity index (χ3n) is 5.80. The molecule has 1 amide bonds.